The largest absolute Gasteiger partial charge is 0.487 e. The number of hydrogen-bond donors (Lipinski definition) is 0. The highest BCUT2D eigenvalue weighted by Gasteiger charge is 2.23. The van der Waals surface area contributed by atoms with Gasteiger partial charge in [0, 0.05) is 19.1 Å². The monoisotopic (exact) mass is 296 g/mol. The van der Waals surface area contributed by atoms with Gasteiger partial charge in [0.05, 0.1) is 12.0 Å². The third-order valence-corrected chi connectivity index (χ3v) is 3.57. The Bertz CT molecular complexity index is 507. The molecule has 0 bridgehead atoms. The number of ether oxygens (including phenoxy) is 2. The standard InChI is InChI=1S/C16H18ClFO2/c1-19-13-5-2-6-14(11-13)20-16-10-12(4-3-9-17)7-8-15(16)18/h7-8,10,13-14H,2,5-6,9,11H2,1H3. The summed E-state index contributed by atoms with van der Waals surface area (Å²) >= 11 is 5.52. The van der Waals surface area contributed by atoms with Crippen LogP contribution in [0.4, 0.5) is 4.39 Å². The quantitative estimate of drug-likeness (QED) is 0.625. The lowest BCUT2D eigenvalue weighted by atomic mass is 9.95. The minimum Gasteiger partial charge on any atom is -0.487 e. The first-order chi connectivity index (χ1) is 9.72. The average Bonchev–Trinajstić information content (AvgIpc) is 2.48. The summed E-state index contributed by atoms with van der Waals surface area (Å²) in [6.07, 6.45) is 4.01. The fourth-order valence-corrected chi connectivity index (χ4v) is 2.48. The van der Waals surface area contributed by atoms with Crippen LogP contribution in [0.5, 0.6) is 5.75 Å². The second kappa shape index (κ2) is 7.52. The van der Waals surface area contributed by atoms with E-state index in [2.05, 4.69) is 11.8 Å². The van der Waals surface area contributed by atoms with Gasteiger partial charge >= 0.3 is 0 Å². The molecule has 0 saturated heterocycles. The van der Waals surface area contributed by atoms with Crippen molar-refractivity contribution < 1.29 is 13.9 Å². The number of halogens is 2. The highest BCUT2D eigenvalue weighted by molar-refractivity contribution is 6.19. The van der Waals surface area contributed by atoms with E-state index in [1.807, 2.05) is 0 Å². The van der Waals surface area contributed by atoms with Gasteiger partial charge in [-0.15, -0.1) is 11.6 Å². The molecule has 0 amide bonds. The molecule has 0 aromatic heterocycles. The summed E-state index contributed by atoms with van der Waals surface area (Å²) in [5.74, 6) is 5.77. The van der Waals surface area contributed by atoms with Crippen LogP contribution < -0.4 is 4.74 Å². The number of rotatable bonds is 3. The molecular formula is C16H18ClFO2. The molecule has 0 aliphatic heterocycles. The SMILES string of the molecule is COC1CCCC(Oc2cc(C#CCCl)ccc2F)C1. The van der Waals surface area contributed by atoms with Gasteiger partial charge < -0.3 is 9.47 Å². The summed E-state index contributed by atoms with van der Waals surface area (Å²) in [6, 6.07) is 4.63. The highest BCUT2D eigenvalue weighted by Crippen LogP contribution is 2.27. The zero-order valence-corrected chi connectivity index (χ0v) is 12.3. The molecule has 0 radical (unpaired) electrons. The fourth-order valence-electron chi connectivity index (χ4n) is 2.41. The second-order valence-corrected chi connectivity index (χ2v) is 5.11. The average molecular weight is 297 g/mol. The number of alkyl halides is 1. The van der Waals surface area contributed by atoms with Crippen molar-refractivity contribution in [1.82, 2.24) is 0 Å². The maximum atomic E-state index is 13.8. The van der Waals surface area contributed by atoms with Crippen LogP contribution in [0.3, 0.4) is 0 Å². The van der Waals surface area contributed by atoms with E-state index in [9.17, 15) is 4.39 Å². The molecule has 4 heteroatoms. The van der Waals surface area contributed by atoms with Gasteiger partial charge in [-0.3, -0.25) is 0 Å². The molecule has 0 heterocycles. The third kappa shape index (κ3) is 4.13. The molecule has 0 N–H and O–H groups in total. The van der Waals surface area contributed by atoms with Crippen molar-refractivity contribution in [2.45, 2.75) is 37.9 Å². The van der Waals surface area contributed by atoms with Crippen molar-refractivity contribution in [2.75, 3.05) is 13.0 Å². The van der Waals surface area contributed by atoms with Crippen LogP contribution >= 0.6 is 11.6 Å². The van der Waals surface area contributed by atoms with E-state index < -0.39 is 0 Å². The Kier molecular flexibility index (Phi) is 5.70. The molecule has 2 atom stereocenters. The smallest absolute Gasteiger partial charge is 0.165 e. The van der Waals surface area contributed by atoms with Crippen LogP contribution in [-0.4, -0.2) is 25.2 Å². The number of methoxy groups -OCH3 is 1. The zero-order valence-electron chi connectivity index (χ0n) is 11.5. The van der Waals surface area contributed by atoms with Gasteiger partial charge in [0.1, 0.15) is 6.10 Å². The van der Waals surface area contributed by atoms with Gasteiger partial charge in [-0.2, -0.15) is 0 Å². The first-order valence-corrected chi connectivity index (χ1v) is 7.30. The Morgan fingerprint density at radius 2 is 2.15 bits per heavy atom. The van der Waals surface area contributed by atoms with E-state index >= 15 is 0 Å². The van der Waals surface area contributed by atoms with Crippen molar-refractivity contribution in [3.05, 3.63) is 29.6 Å². The van der Waals surface area contributed by atoms with E-state index in [4.69, 9.17) is 21.1 Å². The van der Waals surface area contributed by atoms with E-state index in [0.29, 0.717) is 5.56 Å². The Balaban J connectivity index is 2.07. The lowest BCUT2D eigenvalue weighted by molar-refractivity contribution is 0.0197. The summed E-state index contributed by atoms with van der Waals surface area (Å²) in [5, 5.41) is 0. The number of benzene rings is 1. The second-order valence-electron chi connectivity index (χ2n) is 4.84. The van der Waals surface area contributed by atoms with Gasteiger partial charge in [-0.1, -0.05) is 11.8 Å². The molecule has 2 unspecified atom stereocenters. The summed E-state index contributed by atoms with van der Waals surface area (Å²) in [4.78, 5) is 0. The Hall–Kier alpha value is -1.24. The molecule has 1 saturated carbocycles. The van der Waals surface area contributed by atoms with Crippen molar-refractivity contribution in [1.29, 1.82) is 0 Å². The molecule has 2 nitrogen and oxygen atoms in total. The molecular weight excluding hydrogens is 279 g/mol. The zero-order chi connectivity index (χ0) is 14.4. The van der Waals surface area contributed by atoms with Crippen LogP contribution in [0, 0.1) is 17.7 Å². The predicted octanol–water partition coefficient (Wildman–Crippen LogP) is 3.75. The minimum atomic E-state index is -0.360. The van der Waals surface area contributed by atoms with E-state index in [1.165, 1.54) is 6.07 Å². The van der Waals surface area contributed by atoms with E-state index in [0.717, 1.165) is 25.7 Å². The van der Waals surface area contributed by atoms with Crippen LogP contribution in [0.25, 0.3) is 0 Å². The van der Waals surface area contributed by atoms with Gasteiger partial charge in [0.25, 0.3) is 0 Å². The Morgan fingerprint density at radius 3 is 2.90 bits per heavy atom. The maximum absolute atomic E-state index is 13.8. The first kappa shape index (κ1) is 15.2. The maximum Gasteiger partial charge on any atom is 0.165 e. The predicted molar refractivity (Wildman–Crippen MR) is 77.7 cm³/mol. The Labute approximate surface area is 124 Å². The molecule has 1 aromatic rings. The molecule has 1 fully saturated rings. The van der Waals surface area contributed by atoms with Crippen molar-refractivity contribution in [3.63, 3.8) is 0 Å². The van der Waals surface area contributed by atoms with Crippen molar-refractivity contribution in [2.24, 2.45) is 0 Å². The molecule has 108 valence electrons. The summed E-state index contributed by atoms with van der Waals surface area (Å²) in [7, 11) is 1.70. The lowest BCUT2D eigenvalue weighted by Crippen LogP contribution is -2.29. The van der Waals surface area contributed by atoms with Crippen molar-refractivity contribution in [3.8, 4) is 17.6 Å². The molecule has 1 aliphatic carbocycles. The minimum absolute atomic E-state index is 0.000522. The van der Waals surface area contributed by atoms with Gasteiger partial charge in [-0.05, 0) is 37.5 Å². The molecule has 1 aliphatic rings. The topological polar surface area (TPSA) is 18.5 Å². The molecule has 2 rings (SSSR count). The normalized spacial score (nSPS) is 21.9. The van der Waals surface area contributed by atoms with Crippen LogP contribution in [0.2, 0.25) is 0 Å². The first-order valence-electron chi connectivity index (χ1n) is 6.76. The van der Waals surface area contributed by atoms with E-state index in [1.54, 1.807) is 19.2 Å². The van der Waals surface area contributed by atoms with Crippen LogP contribution in [0.15, 0.2) is 18.2 Å². The highest BCUT2D eigenvalue weighted by atomic mass is 35.5. The molecule has 1 aromatic carbocycles. The number of hydrogen-bond acceptors (Lipinski definition) is 2. The van der Waals surface area contributed by atoms with Crippen molar-refractivity contribution >= 4 is 11.6 Å². The lowest BCUT2D eigenvalue weighted by Gasteiger charge is -2.28. The van der Waals surface area contributed by atoms with Gasteiger partial charge in [0.2, 0.25) is 0 Å². The van der Waals surface area contributed by atoms with Crippen LogP contribution in [-0.2, 0) is 4.74 Å². The summed E-state index contributed by atoms with van der Waals surface area (Å²) in [5.41, 5.74) is 0.709. The Morgan fingerprint density at radius 1 is 1.35 bits per heavy atom. The molecule has 20 heavy (non-hydrogen) atoms. The van der Waals surface area contributed by atoms with E-state index in [-0.39, 0.29) is 29.7 Å². The summed E-state index contributed by atoms with van der Waals surface area (Å²) < 4.78 is 24.9. The van der Waals surface area contributed by atoms with Gasteiger partial charge in [0.15, 0.2) is 11.6 Å². The van der Waals surface area contributed by atoms with Gasteiger partial charge in [-0.25, -0.2) is 4.39 Å². The van der Waals surface area contributed by atoms with Crippen LogP contribution in [0.1, 0.15) is 31.2 Å². The third-order valence-electron chi connectivity index (χ3n) is 3.44. The summed E-state index contributed by atoms with van der Waals surface area (Å²) in [6.45, 7) is 0. The fraction of sp³-hybridized carbons (Fsp3) is 0.500. The molecule has 0 spiro atoms.